The fourth-order valence-corrected chi connectivity index (χ4v) is 12.7. The summed E-state index contributed by atoms with van der Waals surface area (Å²) in [5, 5.41) is 26.5. The zero-order chi connectivity index (χ0) is 65.4. The summed E-state index contributed by atoms with van der Waals surface area (Å²) >= 11 is 0. The number of aliphatic hydroxyl groups is 2. The van der Waals surface area contributed by atoms with Gasteiger partial charge in [0.1, 0.15) is 36.2 Å². The number of ketones is 4. The average molecular weight is 1250 g/mol. The van der Waals surface area contributed by atoms with Crippen molar-refractivity contribution in [3.63, 3.8) is 0 Å². The maximum absolute atomic E-state index is 14.7. The van der Waals surface area contributed by atoms with Gasteiger partial charge in [-0.15, -0.1) is 0 Å². The summed E-state index contributed by atoms with van der Waals surface area (Å²) in [6, 6.07) is -2.20. The van der Waals surface area contributed by atoms with E-state index in [1.807, 2.05) is 54.0 Å². The highest BCUT2D eigenvalue weighted by Gasteiger charge is 2.53. The van der Waals surface area contributed by atoms with Crippen molar-refractivity contribution < 1.29 is 72.2 Å². The minimum absolute atomic E-state index is 0.0143. The molecule has 4 aliphatic heterocycles. The summed E-state index contributed by atoms with van der Waals surface area (Å²) in [5.74, 6) is -7.64. The molecule has 90 heavy (non-hydrogen) atoms. The zero-order valence-electron chi connectivity index (χ0n) is 54.0. The first-order valence-electron chi connectivity index (χ1n) is 31.8. The van der Waals surface area contributed by atoms with Gasteiger partial charge in [-0.1, -0.05) is 64.2 Å². The molecule has 0 aromatic carbocycles. The van der Waals surface area contributed by atoms with Crippen LogP contribution in [0.1, 0.15) is 141 Å². The second-order valence-corrected chi connectivity index (χ2v) is 25.2. The summed E-state index contributed by atoms with van der Waals surface area (Å²) in [4.78, 5) is 120. The van der Waals surface area contributed by atoms with Crippen LogP contribution in [0.2, 0.25) is 0 Å². The number of alkyl carbamates (subject to hydrolysis) is 1. The molecule has 2 aromatic heterocycles. The maximum atomic E-state index is 14.7. The second-order valence-electron chi connectivity index (χ2n) is 25.2. The Hall–Kier alpha value is -6.67. The van der Waals surface area contributed by atoms with Gasteiger partial charge in [0.25, 0.3) is 11.7 Å². The number of esters is 1. The average Bonchev–Trinajstić information content (AvgIpc) is 1.22. The number of cyclic esters (lactones) is 1. The molecule has 3 saturated heterocycles. The van der Waals surface area contributed by atoms with Crippen LogP contribution >= 0.6 is 0 Å². The number of nitrogens with two attached hydrogens (primary N) is 1. The van der Waals surface area contributed by atoms with Crippen molar-refractivity contribution in [1.29, 1.82) is 0 Å². The number of carbonyl (C=O) groups excluding carboxylic acids is 7. The molecular formula is C66H95N9O15. The lowest BCUT2D eigenvalue weighted by Gasteiger charge is -2.42. The summed E-state index contributed by atoms with van der Waals surface area (Å²) in [7, 11) is 4.44. The molecule has 15 atom stereocenters. The molecule has 494 valence electrons. The number of hydrogen-bond donors (Lipinski definition) is 4. The molecule has 24 heteroatoms. The minimum atomic E-state index is -2.50. The number of anilines is 2. The normalized spacial score (nSPS) is 32.4. The van der Waals surface area contributed by atoms with Crippen LogP contribution in [-0.2, 0) is 58.9 Å². The van der Waals surface area contributed by atoms with Crippen molar-refractivity contribution in [3.8, 4) is 0 Å². The van der Waals surface area contributed by atoms with Gasteiger partial charge in [0.15, 0.2) is 11.6 Å². The van der Waals surface area contributed by atoms with E-state index in [4.69, 9.17) is 34.2 Å². The third-order valence-corrected chi connectivity index (χ3v) is 18.5. The third kappa shape index (κ3) is 18.5. The van der Waals surface area contributed by atoms with Gasteiger partial charge in [-0.2, -0.15) is 0 Å². The number of nitrogens with one attached hydrogen (secondary N) is 1. The van der Waals surface area contributed by atoms with Gasteiger partial charge in [-0.25, -0.2) is 29.5 Å². The topological polar surface area (TPSA) is 315 Å². The van der Waals surface area contributed by atoms with E-state index in [2.05, 4.69) is 25.3 Å². The number of allylic oxidation sites excluding steroid dienone is 6. The van der Waals surface area contributed by atoms with Crippen LogP contribution in [0.3, 0.4) is 0 Å². The quantitative estimate of drug-likeness (QED) is 0.0830. The number of aliphatic hydroxyl groups excluding tert-OH is 1. The number of amides is 2. The first-order valence-corrected chi connectivity index (χ1v) is 31.8. The Morgan fingerprint density at radius 3 is 2.09 bits per heavy atom. The van der Waals surface area contributed by atoms with Gasteiger partial charge < -0.3 is 64.4 Å². The van der Waals surface area contributed by atoms with Gasteiger partial charge >= 0.3 is 12.1 Å². The summed E-state index contributed by atoms with van der Waals surface area (Å²) in [6.07, 6.45) is 14.6. The van der Waals surface area contributed by atoms with Crippen LogP contribution in [0.25, 0.3) is 0 Å². The van der Waals surface area contributed by atoms with E-state index in [1.54, 1.807) is 53.3 Å². The van der Waals surface area contributed by atoms with Crippen LogP contribution in [0, 0.1) is 29.6 Å². The largest absolute Gasteiger partial charge is 0.459 e. The Balaban J connectivity index is 1.03. The van der Waals surface area contributed by atoms with Crippen molar-refractivity contribution in [2.75, 3.05) is 63.9 Å². The third-order valence-electron chi connectivity index (χ3n) is 18.5. The molecule has 7 rings (SSSR count). The molecule has 2 amide bonds. The van der Waals surface area contributed by atoms with Crippen molar-refractivity contribution in [3.05, 3.63) is 83.5 Å². The van der Waals surface area contributed by atoms with E-state index in [0.29, 0.717) is 106 Å². The number of carbonyl (C=O) groups is 7. The lowest BCUT2D eigenvalue weighted by atomic mass is 9.80. The molecule has 24 nitrogen and oxygen atoms in total. The van der Waals surface area contributed by atoms with Crippen molar-refractivity contribution in [2.24, 2.45) is 35.3 Å². The van der Waals surface area contributed by atoms with E-state index in [9.17, 15) is 43.8 Å². The van der Waals surface area contributed by atoms with Gasteiger partial charge in [0, 0.05) is 128 Å². The smallest absolute Gasteiger partial charge is 0.407 e. The molecule has 0 unspecified atom stereocenters. The predicted octanol–water partition coefficient (Wildman–Crippen LogP) is 5.92. The summed E-state index contributed by atoms with van der Waals surface area (Å²) in [5.41, 5.74) is 9.32. The standard InChI is InChI=1S/C66H95N9O15/c1-39-16-12-11-13-17-40(2)54(85-8)32-49-21-19-44(6)66(84,90-49)60(80)61(81)75-23-15-14-18-51(75)62(82)88-55(33-52(77)41(3)29-43(5)58(79)59(87-10)57(78)42(4)28-39)50(67)30-46-20-22-53(56(31-46)86-9)89-65(83)72-36-47-34-68-63(69-35-47)73-24-26-74(27-25-73)64-70-37-48(38-71-64)45(7)76/h11-13,16-17,29,34-35,37-39,41-42,44,46,49-51,53-56,58-59,79,84H,14-15,18-28,30-33,36,67H2,1-10H3,(H,72,83)/b13-11?,16-12+,40-17?,43-29+/t39-,41-,42-,44-,46+,49+,50-,51+,53-,54+,55+,56-,58-,59+,66-/m1/s1. The first-order chi connectivity index (χ1) is 42.9. The Bertz CT molecular complexity index is 2920. The van der Waals surface area contributed by atoms with Gasteiger partial charge in [-0.05, 0) is 108 Å². The first kappa shape index (κ1) is 70.8. The number of fused-ring (bicyclic) bond motifs is 3. The van der Waals surface area contributed by atoms with Crippen LogP contribution in [0.5, 0.6) is 0 Å². The lowest BCUT2D eigenvalue weighted by molar-refractivity contribution is -0.265. The number of piperidine rings is 1. The lowest BCUT2D eigenvalue weighted by Crippen LogP contribution is -2.61. The molecule has 0 radical (unpaired) electrons. The number of piperazine rings is 1. The van der Waals surface area contributed by atoms with E-state index >= 15 is 0 Å². The number of aromatic nitrogens is 4. The molecule has 6 heterocycles. The fraction of sp³-hybridized carbons (Fsp3) is 0.652. The second kappa shape index (κ2) is 33.1. The zero-order valence-corrected chi connectivity index (χ0v) is 54.0. The molecule has 5 aliphatic rings. The molecule has 1 aliphatic carbocycles. The predicted molar refractivity (Wildman–Crippen MR) is 334 cm³/mol. The number of methoxy groups -OCH3 is 3. The van der Waals surface area contributed by atoms with Gasteiger partial charge in [0.05, 0.1) is 23.9 Å². The maximum Gasteiger partial charge on any atom is 0.407 e. The molecular weight excluding hydrogens is 1160 g/mol. The number of nitrogens with zero attached hydrogens (tertiary/aromatic N) is 7. The minimum Gasteiger partial charge on any atom is -0.459 e. The number of Topliss-reactive ketones (excluding diaryl/α,β-unsaturated/α-hetero) is 4. The Morgan fingerprint density at radius 1 is 0.789 bits per heavy atom. The SMILES string of the molecule is CO[C@H]1C[C@@H]2CC[C@@H](C)[C@@](O)(O2)C(=O)C(=O)N2CCCC[C@H]2C(=O)O[C@H]([C@H](N)C[C@@H]2CC[C@@H](OC(=O)NCc3cnc(N4CCN(c5ncc(C(C)=O)cn5)CC4)nc3)[C@H](OC)C2)CC(=O)[C@H](C)/C=C(\C)[C@@H](O)[C@@H](OC)C(=O)[C@H](C)C[C@H](C)/C=C/C=CC=C1C. The van der Waals surface area contributed by atoms with Gasteiger partial charge in [0.2, 0.25) is 17.7 Å². The van der Waals surface area contributed by atoms with Crippen LogP contribution in [-0.4, -0.2) is 191 Å². The molecule has 2 aromatic rings. The van der Waals surface area contributed by atoms with E-state index in [1.165, 1.54) is 33.5 Å². The van der Waals surface area contributed by atoms with Crippen molar-refractivity contribution in [1.82, 2.24) is 30.2 Å². The highest BCUT2D eigenvalue weighted by atomic mass is 16.6. The van der Waals surface area contributed by atoms with Gasteiger partial charge in [-0.3, -0.25) is 24.0 Å². The Labute approximate surface area is 528 Å². The summed E-state index contributed by atoms with van der Waals surface area (Å²) in [6.45, 7) is 14.7. The highest BCUT2D eigenvalue weighted by Crippen LogP contribution is 2.38. The highest BCUT2D eigenvalue weighted by molar-refractivity contribution is 6.39. The molecule has 2 bridgehead atoms. The number of ether oxygens (including phenoxy) is 6. The van der Waals surface area contributed by atoms with Crippen molar-refractivity contribution >= 4 is 53.0 Å². The van der Waals surface area contributed by atoms with Crippen LogP contribution in [0.4, 0.5) is 16.7 Å². The Morgan fingerprint density at radius 2 is 1.46 bits per heavy atom. The molecule has 1 saturated carbocycles. The number of rotatable bonds is 12. The fourth-order valence-electron chi connectivity index (χ4n) is 12.7. The molecule has 5 N–H and O–H groups in total. The van der Waals surface area contributed by atoms with Crippen LogP contribution < -0.4 is 20.9 Å². The molecule has 0 spiro atoms. The molecule has 4 fully saturated rings. The van der Waals surface area contributed by atoms with E-state index in [-0.39, 0.29) is 62.2 Å². The Kier molecular flexibility index (Phi) is 26.0. The number of hydrogen-bond acceptors (Lipinski definition) is 22. The monoisotopic (exact) mass is 1250 g/mol. The van der Waals surface area contributed by atoms with E-state index < -0.39 is 108 Å². The van der Waals surface area contributed by atoms with Crippen molar-refractivity contribution in [2.45, 2.75) is 193 Å². The van der Waals surface area contributed by atoms with Crippen LogP contribution in [0.15, 0.2) is 72.4 Å². The summed E-state index contributed by atoms with van der Waals surface area (Å²) < 4.78 is 35.7. The van der Waals surface area contributed by atoms with E-state index in [0.717, 1.165) is 10.5 Å².